The van der Waals surface area contributed by atoms with Crippen molar-refractivity contribution >= 4 is 5.78 Å². The molecular formula is C18H17FO2. The molecule has 2 nitrogen and oxygen atoms in total. The Morgan fingerprint density at radius 2 is 1.76 bits per heavy atom. The lowest BCUT2D eigenvalue weighted by Gasteiger charge is -2.29. The van der Waals surface area contributed by atoms with E-state index in [2.05, 4.69) is 0 Å². The molecule has 0 unspecified atom stereocenters. The Bertz CT molecular complexity index is 681. The van der Waals surface area contributed by atoms with E-state index in [0.717, 1.165) is 11.1 Å². The summed E-state index contributed by atoms with van der Waals surface area (Å²) < 4.78 is 13.9. The normalized spacial score (nSPS) is 15.8. The number of carbonyl (C=O) groups is 1. The maximum atomic E-state index is 13.9. The molecule has 2 aromatic carbocycles. The highest BCUT2D eigenvalue weighted by atomic mass is 19.1. The van der Waals surface area contributed by atoms with Crippen LogP contribution >= 0.6 is 0 Å². The van der Waals surface area contributed by atoms with Gasteiger partial charge in [-0.3, -0.25) is 4.79 Å². The number of ketones is 1. The summed E-state index contributed by atoms with van der Waals surface area (Å²) in [4.78, 5) is 12.5. The molecule has 2 aromatic rings. The Morgan fingerprint density at radius 3 is 2.33 bits per heavy atom. The highest BCUT2D eigenvalue weighted by Gasteiger charge is 2.45. The van der Waals surface area contributed by atoms with Crippen LogP contribution in [0.15, 0.2) is 42.5 Å². The van der Waals surface area contributed by atoms with Gasteiger partial charge in [-0.05, 0) is 48.1 Å². The van der Waals surface area contributed by atoms with Crippen LogP contribution < -0.4 is 0 Å². The zero-order valence-corrected chi connectivity index (χ0v) is 11.9. The molecule has 0 aromatic heterocycles. The molecule has 0 bridgehead atoms. The summed E-state index contributed by atoms with van der Waals surface area (Å²) in [6.07, 6.45) is 1.04. The molecule has 0 saturated heterocycles. The van der Waals surface area contributed by atoms with Crippen molar-refractivity contribution in [3.63, 3.8) is 0 Å². The largest absolute Gasteiger partial charge is 0.389 e. The molecular weight excluding hydrogens is 267 g/mol. The van der Waals surface area contributed by atoms with Gasteiger partial charge in [-0.1, -0.05) is 36.4 Å². The fourth-order valence-corrected chi connectivity index (χ4v) is 3.43. The van der Waals surface area contributed by atoms with Crippen molar-refractivity contribution < 1.29 is 14.3 Å². The summed E-state index contributed by atoms with van der Waals surface area (Å²) in [5.41, 5.74) is 2.54. The van der Waals surface area contributed by atoms with Crippen LogP contribution in [-0.4, -0.2) is 17.5 Å². The number of benzene rings is 2. The first-order valence-corrected chi connectivity index (χ1v) is 7.05. The van der Waals surface area contributed by atoms with Crippen LogP contribution in [0.2, 0.25) is 0 Å². The molecule has 0 aliphatic heterocycles. The van der Waals surface area contributed by atoms with Crippen molar-refractivity contribution in [2.45, 2.75) is 25.2 Å². The fraction of sp³-hybridized carbons (Fsp3) is 0.278. The van der Waals surface area contributed by atoms with Gasteiger partial charge >= 0.3 is 0 Å². The number of Topliss-reactive ketones (excluding diaryl/α,β-unsaturated/α-hetero) is 1. The lowest BCUT2D eigenvalue weighted by Crippen LogP contribution is -2.39. The molecule has 0 spiro atoms. The molecule has 0 atom stereocenters. The van der Waals surface area contributed by atoms with E-state index in [-0.39, 0.29) is 11.6 Å². The van der Waals surface area contributed by atoms with Crippen molar-refractivity contribution in [1.29, 1.82) is 0 Å². The number of rotatable bonds is 3. The quantitative estimate of drug-likeness (QED) is 0.941. The van der Waals surface area contributed by atoms with Gasteiger partial charge in [-0.25, -0.2) is 4.39 Å². The van der Waals surface area contributed by atoms with Crippen LogP contribution in [0.25, 0.3) is 0 Å². The minimum absolute atomic E-state index is 0.243. The number of halogens is 1. The summed E-state index contributed by atoms with van der Waals surface area (Å²) >= 11 is 0. The van der Waals surface area contributed by atoms with Gasteiger partial charge in [0.2, 0.25) is 0 Å². The first-order chi connectivity index (χ1) is 10.1. The Labute approximate surface area is 123 Å². The summed E-state index contributed by atoms with van der Waals surface area (Å²) in [5, 5.41) is 9.42. The second-order valence-corrected chi connectivity index (χ2v) is 5.70. The van der Waals surface area contributed by atoms with E-state index >= 15 is 0 Å². The molecule has 1 N–H and O–H groups in total. The van der Waals surface area contributed by atoms with Crippen LogP contribution in [0.1, 0.15) is 22.3 Å². The molecule has 3 heteroatoms. The van der Waals surface area contributed by atoms with Gasteiger partial charge in [-0.15, -0.1) is 0 Å². The third kappa shape index (κ3) is 2.09. The van der Waals surface area contributed by atoms with Crippen LogP contribution in [0.3, 0.4) is 0 Å². The zero-order valence-electron chi connectivity index (χ0n) is 11.9. The highest BCUT2D eigenvalue weighted by molar-refractivity contribution is 5.93. The second kappa shape index (κ2) is 5.08. The van der Waals surface area contributed by atoms with Crippen molar-refractivity contribution in [2.75, 3.05) is 6.61 Å². The molecule has 108 valence electrons. The minimum Gasteiger partial charge on any atom is -0.389 e. The van der Waals surface area contributed by atoms with Gasteiger partial charge in [0.1, 0.15) is 12.4 Å². The third-order valence-corrected chi connectivity index (χ3v) is 4.56. The lowest BCUT2D eigenvalue weighted by molar-refractivity contribution is -0.127. The lowest BCUT2D eigenvalue weighted by atomic mass is 9.72. The average Bonchev–Trinajstić information content (AvgIpc) is 2.89. The van der Waals surface area contributed by atoms with Gasteiger partial charge in [0.25, 0.3) is 0 Å². The number of carbonyl (C=O) groups excluding carboxylic acids is 1. The number of aliphatic hydroxyl groups is 1. The van der Waals surface area contributed by atoms with Gasteiger partial charge in [-0.2, -0.15) is 0 Å². The van der Waals surface area contributed by atoms with E-state index in [1.807, 2.05) is 24.3 Å². The first kappa shape index (κ1) is 14.0. The van der Waals surface area contributed by atoms with E-state index < -0.39 is 12.0 Å². The third-order valence-electron chi connectivity index (χ3n) is 4.56. The SMILES string of the molecule is Cc1c(F)cccc1C1(C(=O)CO)Cc2ccccc2C1. The molecule has 1 aliphatic carbocycles. The molecule has 3 rings (SSSR count). The van der Waals surface area contributed by atoms with Crippen LogP contribution in [0.4, 0.5) is 4.39 Å². The Balaban J connectivity index is 2.17. The molecule has 0 heterocycles. The van der Waals surface area contributed by atoms with E-state index in [1.54, 1.807) is 19.1 Å². The molecule has 0 saturated carbocycles. The second-order valence-electron chi connectivity index (χ2n) is 5.70. The van der Waals surface area contributed by atoms with E-state index in [1.165, 1.54) is 6.07 Å². The Hall–Kier alpha value is -2.00. The van der Waals surface area contributed by atoms with Gasteiger partial charge in [0.05, 0.1) is 5.41 Å². The van der Waals surface area contributed by atoms with Gasteiger partial charge < -0.3 is 5.11 Å². The minimum atomic E-state index is -0.843. The van der Waals surface area contributed by atoms with Gasteiger partial charge in [0.15, 0.2) is 5.78 Å². The highest BCUT2D eigenvalue weighted by Crippen LogP contribution is 2.42. The van der Waals surface area contributed by atoms with Crippen molar-refractivity contribution in [3.8, 4) is 0 Å². The number of hydrogen-bond acceptors (Lipinski definition) is 2. The average molecular weight is 284 g/mol. The number of hydrogen-bond donors (Lipinski definition) is 1. The topological polar surface area (TPSA) is 37.3 Å². The molecule has 0 amide bonds. The van der Waals surface area contributed by atoms with Crippen molar-refractivity contribution in [1.82, 2.24) is 0 Å². The van der Waals surface area contributed by atoms with E-state index in [9.17, 15) is 14.3 Å². The Morgan fingerprint density at radius 1 is 1.14 bits per heavy atom. The Kier molecular flexibility index (Phi) is 3.38. The smallest absolute Gasteiger partial charge is 0.169 e. The van der Waals surface area contributed by atoms with E-state index in [0.29, 0.717) is 24.0 Å². The predicted molar refractivity (Wildman–Crippen MR) is 78.8 cm³/mol. The standard InChI is InChI=1S/C18H17FO2/c1-12-15(7-4-8-16(12)19)18(17(21)11-20)9-13-5-2-3-6-14(13)10-18/h2-8,20H,9-11H2,1H3. The van der Waals surface area contributed by atoms with Gasteiger partial charge in [0, 0.05) is 0 Å². The number of fused-ring (bicyclic) bond motifs is 1. The van der Waals surface area contributed by atoms with E-state index in [4.69, 9.17) is 0 Å². The number of aliphatic hydroxyl groups excluding tert-OH is 1. The van der Waals surface area contributed by atoms with Crippen molar-refractivity contribution in [3.05, 3.63) is 70.5 Å². The molecule has 0 fully saturated rings. The maximum Gasteiger partial charge on any atom is 0.169 e. The van der Waals surface area contributed by atoms with Crippen LogP contribution in [0.5, 0.6) is 0 Å². The summed E-state index contributed by atoms with van der Waals surface area (Å²) in [7, 11) is 0. The van der Waals surface area contributed by atoms with Crippen LogP contribution in [0, 0.1) is 12.7 Å². The molecule has 0 radical (unpaired) electrons. The molecule has 21 heavy (non-hydrogen) atoms. The monoisotopic (exact) mass is 284 g/mol. The maximum absolute atomic E-state index is 13.9. The fourth-order valence-electron chi connectivity index (χ4n) is 3.43. The summed E-state index contributed by atoms with van der Waals surface area (Å²) in [5.74, 6) is -0.555. The first-order valence-electron chi connectivity index (χ1n) is 7.05. The molecule has 1 aliphatic rings. The summed E-state index contributed by atoms with van der Waals surface area (Å²) in [6.45, 7) is 1.17. The van der Waals surface area contributed by atoms with Crippen LogP contribution in [-0.2, 0) is 23.1 Å². The van der Waals surface area contributed by atoms with Crippen molar-refractivity contribution in [2.24, 2.45) is 0 Å². The predicted octanol–water partition coefficient (Wildman–Crippen LogP) is 2.73. The summed E-state index contributed by atoms with van der Waals surface area (Å²) in [6, 6.07) is 12.7. The zero-order chi connectivity index (χ0) is 15.0.